The fourth-order valence-electron chi connectivity index (χ4n) is 3.40. The van der Waals surface area contributed by atoms with Crippen molar-refractivity contribution in [3.05, 3.63) is 41.0 Å². The average molecular weight is 416 g/mol. The van der Waals surface area contributed by atoms with Crippen LogP contribution in [0.5, 0.6) is 5.75 Å². The maximum Gasteiger partial charge on any atom is 0.330 e. The second-order valence-corrected chi connectivity index (χ2v) is 7.88. The van der Waals surface area contributed by atoms with E-state index in [1.165, 1.54) is 19.1 Å². The minimum absolute atomic E-state index is 0.274. The molecule has 1 aliphatic rings. The van der Waals surface area contributed by atoms with Crippen molar-refractivity contribution in [1.82, 2.24) is 0 Å². The molecule has 0 saturated heterocycles. The maximum atomic E-state index is 14.0. The summed E-state index contributed by atoms with van der Waals surface area (Å²) in [6.45, 7) is 7.99. The molecule has 0 aromatic heterocycles. The molecule has 0 bridgehead atoms. The number of hydrogen-bond acceptors (Lipinski definition) is 4. The number of ether oxygens (including phenoxy) is 2. The standard InChI is InChI=1S/C21H24F4O4/c1-6-7-10-28-13(26)9-8-12-20(3,4)21(12,5)19(27)29-18-16(24)14(22)11(2)15(23)17(18)25/h8-9,12H,6-7,10H2,1-5H3. The summed E-state index contributed by atoms with van der Waals surface area (Å²) in [7, 11) is 0. The van der Waals surface area contributed by atoms with E-state index in [9.17, 15) is 27.2 Å². The summed E-state index contributed by atoms with van der Waals surface area (Å²) in [4.78, 5) is 24.4. The molecule has 0 radical (unpaired) electrons. The van der Waals surface area contributed by atoms with Gasteiger partial charge in [0.05, 0.1) is 12.0 Å². The third-order valence-corrected chi connectivity index (χ3v) is 5.88. The van der Waals surface area contributed by atoms with Crippen LogP contribution in [-0.2, 0) is 14.3 Å². The third kappa shape index (κ3) is 3.89. The second-order valence-electron chi connectivity index (χ2n) is 7.88. The van der Waals surface area contributed by atoms with Gasteiger partial charge >= 0.3 is 11.9 Å². The minimum Gasteiger partial charge on any atom is -0.463 e. The molecular formula is C21H24F4O4. The molecule has 4 nitrogen and oxygen atoms in total. The van der Waals surface area contributed by atoms with E-state index < -0.39 is 63.3 Å². The maximum absolute atomic E-state index is 14.0. The van der Waals surface area contributed by atoms with Crippen molar-refractivity contribution in [3.63, 3.8) is 0 Å². The van der Waals surface area contributed by atoms with Crippen LogP contribution in [0.2, 0.25) is 0 Å². The van der Waals surface area contributed by atoms with Gasteiger partial charge in [0.25, 0.3) is 0 Å². The van der Waals surface area contributed by atoms with Gasteiger partial charge in [-0.15, -0.1) is 0 Å². The number of allylic oxidation sites excluding steroid dienone is 1. The smallest absolute Gasteiger partial charge is 0.330 e. The van der Waals surface area contributed by atoms with Gasteiger partial charge in [0.15, 0.2) is 11.6 Å². The number of carbonyl (C=O) groups excluding carboxylic acids is 2. The number of benzene rings is 1. The van der Waals surface area contributed by atoms with Crippen LogP contribution in [0, 0.1) is 46.9 Å². The van der Waals surface area contributed by atoms with Gasteiger partial charge in [-0.2, -0.15) is 8.78 Å². The molecule has 0 heterocycles. The van der Waals surface area contributed by atoms with Crippen molar-refractivity contribution in [1.29, 1.82) is 0 Å². The number of halogens is 4. The first kappa shape index (κ1) is 22.9. The number of carbonyl (C=O) groups is 2. The van der Waals surface area contributed by atoms with Crippen LogP contribution in [0.3, 0.4) is 0 Å². The molecular weight excluding hydrogens is 392 g/mol. The number of esters is 2. The zero-order valence-corrected chi connectivity index (χ0v) is 17.0. The number of rotatable bonds is 7. The van der Waals surface area contributed by atoms with Crippen molar-refractivity contribution < 1.29 is 36.6 Å². The zero-order chi connectivity index (χ0) is 22.1. The van der Waals surface area contributed by atoms with Crippen LogP contribution in [0.15, 0.2) is 12.2 Å². The summed E-state index contributed by atoms with van der Waals surface area (Å²) < 4.78 is 65.3. The summed E-state index contributed by atoms with van der Waals surface area (Å²) >= 11 is 0. The highest BCUT2D eigenvalue weighted by Crippen LogP contribution is 2.69. The minimum atomic E-state index is -1.77. The molecule has 1 aliphatic carbocycles. The predicted octanol–water partition coefficient (Wildman–Crippen LogP) is 5.02. The van der Waals surface area contributed by atoms with Gasteiger partial charge in [-0.3, -0.25) is 4.79 Å². The molecule has 29 heavy (non-hydrogen) atoms. The van der Waals surface area contributed by atoms with Crippen molar-refractivity contribution >= 4 is 11.9 Å². The van der Waals surface area contributed by atoms with E-state index >= 15 is 0 Å². The molecule has 2 unspecified atom stereocenters. The SMILES string of the molecule is CCCCOC(=O)C=CC1C(C)(C)C1(C)C(=O)Oc1c(F)c(F)c(C)c(F)c1F. The fraction of sp³-hybridized carbons (Fsp3) is 0.524. The van der Waals surface area contributed by atoms with Crippen LogP contribution in [0.4, 0.5) is 17.6 Å². The molecule has 0 N–H and O–H groups in total. The van der Waals surface area contributed by atoms with Gasteiger partial charge in [0, 0.05) is 11.6 Å². The van der Waals surface area contributed by atoms with Crippen LogP contribution in [0.1, 0.15) is 46.1 Å². The molecule has 2 atom stereocenters. The topological polar surface area (TPSA) is 52.6 Å². The van der Waals surface area contributed by atoms with Crippen molar-refractivity contribution in [3.8, 4) is 5.75 Å². The molecule has 1 saturated carbocycles. The number of hydrogen-bond donors (Lipinski definition) is 0. The molecule has 0 aliphatic heterocycles. The van der Waals surface area contributed by atoms with E-state index in [0.29, 0.717) is 0 Å². The Kier molecular flexibility index (Phi) is 6.45. The van der Waals surface area contributed by atoms with E-state index in [0.717, 1.165) is 19.8 Å². The molecule has 8 heteroatoms. The highest BCUT2D eigenvalue weighted by molar-refractivity contribution is 5.86. The molecule has 1 aromatic carbocycles. The first-order valence-corrected chi connectivity index (χ1v) is 9.31. The first-order valence-electron chi connectivity index (χ1n) is 9.31. The Morgan fingerprint density at radius 2 is 1.59 bits per heavy atom. The quantitative estimate of drug-likeness (QED) is 0.156. The molecule has 2 rings (SSSR count). The summed E-state index contributed by atoms with van der Waals surface area (Å²) in [5, 5.41) is 0. The zero-order valence-electron chi connectivity index (χ0n) is 17.0. The van der Waals surface area contributed by atoms with Gasteiger partial charge in [-0.05, 0) is 31.6 Å². The van der Waals surface area contributed by atoms with Crippen LogP contribution < -0.4 is 4.74 Å². The summed E-state index contributed by atoms with van der Waals surface area (Å²) in [6.07, 6.45) is 4.24. The monoisotopic (exact) mass is 416 g/mol. The summed E-state index contributed by atoms with van der Waals surface area (Å²) in [6, 6.07) is 0. The van der Waals surface area contributed by atoms with E-state index in [1.807, 2.05) is 6.92 Å². The molecule has 1 aromatic rings. The molecule has 0 spiro atoms. The van der Waals surface area contributed by atoms with Gasteiger partial charge in [-0.1, -0.05) is 33.3 Å². The molecule has 1 fully saturated rings. The lowest BCUT2D eigenvalue weighted by Gasteiger charge is -2.15. The lowest BCUT2D eigenvalue weighted by Crippen LogP contribution is -2.25. The fourth-order valence-corrected chi connectivity index (χ4v) is 3.40. The van der Waals surface area contributed by atoms with Gasteiger partial charge in [0.2, 0.25) is 17.4 Å². The molecule has 0 amide bonds. The second kappa shape index (κ2) is 8.16. The Hall–Kier alpha value is -2.38. The third-order valence-electron chi connectivity index (χ3n) is 5.88. The Labute approximate surface area is 166 Å². The van der Waals surface area contributed by atoms with Gasteiger partial charge < -0.3 is 9.47 Å². The normalized spacial score (nSPS) is 22.6. The Morgan fingerprint density at radius 1 is 1.03 bits per heavy atom. The molecule has 160 valence electrons. The van der Waals surface area contributed by atoms with Crippen molar-refractivity contribution in [2.45, 2.75) is 47.5 Å². The summed E-state index contributed by atoms with van der Waals surface area (Å²) in [5.74, 6) is -10.4. The van der Waals surface area contributed by atoms with Crippen LogP contribution in [-0.4, -0.2) is 18.5 Å². The average Bonchev–Trinajstić information content (AvgIpc) is 3.12. The predicted molar refractivity (Wildman–Crippen MR) is 97.0 cm³/mol. The Balaban J connectivity index is 2.20. The Bertz CT molecular complexity index is 834. The number of unbranched alkanes of at least 4 members (excludes halogenated alkanes) is 1. The highest BCUT2D eigenvalue weighted by Gasteiger charge is 2.72. The van der Waals surface area contributed by atoms with E-state index in [2.05, 4.69) is 0 Å². The van der Waals surface area contributed by atoms with Gasteiger partial charge in [0.1, 0.15) is 0 Å². The van der Waals surface area contributed by atoms with Crippen LogP contribution >= 0.6 is 0 Å². The lowest BCUT2D eigenvalue weighted by molar-refractivity contribution is -0.142. The van der Waals surface area contributed by atoms with E-state index in [-0.39, 0.29) is 6.61 Å². The van der Waals surface area contributed by atoms with E-state index in [4.69, 9.17) is 9.47 Å². The van der Waals surface area contributed by atoms with Crippen molar-refractivity contribution in [2.75, 3.05) is 6.61 Å². The lowest BCUT2D eigenvalue weighted by atomic mass is 9.98. The van der Waals surface area contributed by atoms with Crippen LogP contribution in [0.25, 0.3) is 0 Å². The largest absolute Gasteiger partial charge is 0.463 e. The van der Waals surface area contributed by atoms with E-state index in [1.54, 1.807) is 13.8 Å². The first-order chi connectivity index (χ1) is 13.4. The van der Waals surface area contributed by atoms with Gasteiger partial charge in [-0.25, -0.2) is 13.6 Å². The summed E-state index contributed by atoms with van der Waals surface area (Å²) in [5.41, 5.74) is -2.83. The highest BCUT2D eigenvalue weighted by atomic mass is 19.2. The van der Waals surface area contributed by atoms with Crippen molar-refractivity contribution in [2.24, 2.45) is 16.7 Å². The Morgan fingerprint density at radius 3 is 2.10 bits per heavy atom.